The van der Waals surface area contributed by atoms with Gasteiger partial charge in [-0.15, -0.1) is 0 Å². The van der Waals surface area contributed by atoms with E-state index in [1.807, 2.05) is 6.07 Å². The van der Waals surface area contributed by atoms with Crippen molar-refractivity contribution in [1.82, 2.24) is 5.32 Å². The van der Waals surface area contributed by atoms with Crippen LogP contribution in [-0.2, 0) is 11.3 Å². The zero-order chi connectivity index (χ0) is 15.2. The van der Waals surface area contributed by atoms with Gasteiger partial charge in [-0.1, -0.05) is 35.7 Å². The zero-order valence-electron chi connectivity index (χ0n) is 12.6. The van der Waals surface area contributed by atoms with Gasteiger partial charge in [0, 0.05) is 22.7 Å². The number of primary amides is 1. The van der Waals surface area contributed by atoms with E-state index in [-0.39, 0.29) is 5.91 Å². The van der Waals surface area contributed by atoms with E-state index in [0.717, 1.165) is 36.1 Å². The molecule has 1 aromatic rings. The van der Waals surface area contributed by atoms with Gasteiger partial charge in [-0.2, -0.15) is 0 Å². The van der Waals surface area contributed by atoms with Crippen molar-refractivity contribution in [1.29, 1.82) is 0 Å². The molecule has 1 amide bonds. The first-order valence-corrected chi connectivity index (χ1v) is 8.45. The van der Waals surface area contributed by atoms with Crippen LogP contribution >= 0.6 is 15.9 Å². The molecule has 0 saturated heterocycles. The quantitative estimate of drug-likeness (QED) is 0.792. The van der Waals surface area contributed by atoms with E-state index in [0.29, 0.717) is 12.6 Å². The number of halogens is 1. The Bertz CT molecular complexity index is 486. The van der Waals surface area contributed by atoms with Crippen LogP contribution in [0.25, 0.3) is 0 Å². The second-order valence-electron chi connectivity index (χ2n) is 5.59. The van der Waals surface area contributed by atoms with Gasteiger partial charge in [0.2, 0.25) is 5.91 Å². The molecule has 116 valence electrons. The van der Waals surface area contributed by atoms with E-state index < -0.39 is 0 Å². The number of amides is 1. The van der Waals surface area contributed by atoms with Gasteiger partial charge >= 0.3 is 0 Å². The molecule has 3 N–H and O–H groups in total. The average Bonchev–Trinajstić information content (AvgIpc) is 2.97. The summed E-state index contributed by atoms with van der Waals surface area (Å²) in [7, 11) is 0. The van der Waals surface area contributed by atoms with E-state index in [1.54, 1.807) is 0 Å². The van der Waals surface area contributed by atoms with Crippen molar-refractivity contribution in [3.05, 3.63) is 28.2 Å². The number of rotatable bonds is 7. The first-order chi connectivity index (χ1) is 10.1. The maximum Gasteiger partial charge on any atom is 0.236 e. The molecular formula is C16H24BrN3O. The third kappa shape index (κ3) is 4.45. The molecule has 1 saturated carbocycles. The Hall–Kier alpha value is -1.07. The second-order valence-corrected chi connectivity index (χ2v) is 6.50. The number of nitrogens with two attached hydrogens (primary N) is 1. The smallest absolute Gasteiger partial charge is 0.236 e. The van der Waals surface area contributed by atoms with Gasteiger partial charge in [-0.3, -0.25) is 4.79 Å². The molecule has 1 aliphatic carbocycles. The molecule has 1 aromatic carbocycles. The molecule has 1 aliphatic rings. The highest BCUT2D eigenvalue weighted by molar-refractivity contribution is 9.10. The lowest BCUT2D eigenvalue weighted by molar-refractivity contribution is -0.116. The van der Waals surface area contributed by atoms with Crippen molar-refractivity contribution in [3.8, 4) is 0 Å². The van der Waals surface area contributed by atoms with Crippen LogP contribution in [0.3, 0.4) is 0 Å². The Morgan fingerprint density at radius 3 is 2.76 bits per heavy atom. The summed E-state index contributed by atoms with van der Waals surface area (Å²) in [4.78, 5) is 13.7. The third-order valence-electron chi connectivity index (χ3n) is 4.01. The molecular weight excluding hydrogens is 330 g/mol. The van der Waals surface area contributed by atoms with Gasteiger partial charge in [0.1, 0.15) is 0 Å². The minimum Gasteiger partial charge on any atom is -0.368 e. The minimum absolute atomic E-state index is 0.265. The van der Waals surface area contributed by atoms with Crippen LogP contribution in [0.15, 0.2) is 22.7 Å². The molecule has 21 heavy (non-hydrogen) atoms. The minimum atomic E-state index is -0.265. The molecule has 0 unspecified atom stereocenters. The van der Waals surface area contributed by atoms with Crippen molar-refractivity contribution in [2.24, 2.45) is 5.73 Å². The molecule has 1 fully saturated rings. The zero-order valence-corrected chi connectivity index (χ0v) is 14.2. The number of carbonyl (C=O) groups excluding carboxylic acids is 1. The highest BCUT2D eigenvalue weighted by Gasteiger charge is 2.25. The monoisotopic (exact) mass is 353 g/mol. The van der Waals surface area contributed by atoms with Crippen LogP contribution in [0.4, 0.5) is 5.69 Å². The lowest BCUT2D eigenvalue weighted by atomic mass is 10.1. The van der Waals surface area contributed by atoms with Gasteiger partial charge in [0.05, 0.1) is 6.54 Å². The van der Waals surface area contributed by atoms with Crippen LogP contribution in [0, 0.1) is 0 Å². The Balaban J connectivity index is 2.30. The third-order valence-corrected chi connectivity index (χ3v) is 4.50. The van der Waals surface area contributed by atoms with E-state index in [1.165, 1.54) is 18.4 Å². The largest absolute Gasteiger partial charge is 0.368 e. The molecule has 0 heterocycles. The first kappa shape index (κ1) is 16.3. The van der Waals surface area contributed by atoms with Crippen LogP contribution in [0.5, 0.6) is 0 Å². The molecule has 0 aliphatic heterocycles. The summed E-state index contributed by atoms with van der Waals surface area (Å²) < 4.78 is 1.06. The number of carbonyl (C=O) groups is 1. The molecule has 0 bridgehead atoms. The summed E-state index contributed by atoms with van der Waals surface area (Å²) in [6.45, 7) is 4.11. The predicted molar refractivity (Wildman–Crippen MR) is 90.3 cm³/mol. The average molecular weight is 354 g/mol. The fourth-order valence-corrected chi connectivity index (χ4v) is 3.44. The Labute approximate surface area is 135 Å². The van der Waals surface area contributed by atoms with E-state index in [4.69, 9.17) is 5.73 Å². The fourth-order valence-electron chi connectivity index (χ4n) is 3.03. The second kappa shape index (κ2) is 7.80. The number of nitrogens with one attached hydrogen (secondary N) is 1. The maximum absolute atomic E-state index is 11.5. The van der Waals surface area contributed by atoms with E-state index in [9.17, 15) is 4.79 Å². The predicted octanol–water partition coefficient (Wildman–Crippen LogP) is 2.79. The highest BCUT2D eigenvalue weighted by Crippen LogP contribution is 2.31. The molecule has 4 nitrogen and oxygen atoms in total. The number of anilines is 1. The van der Waals surface area contributed by atoms with Crippen molar-refractivity contribution < 1.29 is 4.79 Å². The standard InChI is InChI=1S/C16H24BrN3O/c1-2-19-10-12-9-13(17)7-8-15(12)20(11-16(18)21)14-5-3-4-6-14/h7-9,14,19H,2-6,10-11H2,1H3,(H2,18,21). The topological polar surface area (TPSA) is 58.4 Å². The summed E-state index contributed by atoms with van der Waals surface area (Å²) in [6, 6.07) is 6.69. The van der Waals surface area contributed by atoms with Crippen molar-refractivity contribution in [2.75, 3.05) is 18.0 Å². The molecule has 0 spiro atoms. The van der Waals surface area contributed by atoms with Crippen LogP contribution in [0.2, 0.25) is 0 Å². The molecule has 0 atom stereocenters. The molecule has 5 heteroatoms. The van der Waals surface area contributed by atoms with Crippen LogP contribution < -0.4 is 16.0 Å². The lowest BCUT2D eigenvalue weighted by Gasteiger charge is -2.32. The van der Waals surface area contributed by atoms with Crippen molar-refractivity contribution in [3.63, 3.8) is 0 Å². The van der Waals surface area contributed by atoms with Crippen LogP contribution in [-0.4, -0.2) is 25.0 Å². The highest BCUT2D eigenvalue weighted by atomic mass is 79.9. The summed E-state index contributed by atoms with van der Waals surface area (Å²) in [5.74, 6) is -0.265. The Morgan fingerprint density at radius 2 is 2.14 bits per heavy atom. The van der Waals surface area contributed by atoms with Gasteiger partial charge in [-0.25, -0.2) is 0 Å². The number of hydrogen-bond acceptors (Lipinski definition) is 3. The van der Waals surface area contributed by atoms with Crippen molar-refractivity contribution >= 4 is 27.5 Å². The molecule has 0 aromatic heterocycles. The van der Waals surface area contributed by atoms with Gasteiger partial charge < -0.3 is 16.0 Å². The SMILES string of the molecule is CCNCc1cc(Br)ccc1N(CC(N)=O)C1CCCC1. The summed E-state index contributed by atoms with van der Waals surface area (Å²) in [5, 5.41) is 3.37. The lowest BCUT2D eigenvalue weighted by Crippen LogP contribution is -2.41. The van der Waals surface area contributed by atoms with E-state index in [2.05, 4.69) is 45.2 Å². The molecule has 2 rings (SSSR count). The Morgan fingerprint density at radius 1 is 1.43 bits per heavy atom. The summed E-state index contributed by atoms with van der Waals surface area (Å²) in [5.41, 5.74) is 7.81. The summed E-state index contributed by atoms with van der Waals surface area (Å²) >= 11 is 3.53. The van der Waals surface area contributed by atoms with E-state index >= 15 is 0 Å². The normalized spacial score (nSPS) is 15.3. The Kier molecular flexibility index (Phi) is 6.06. The first-order valence-electron chi connectivity index (χ1n) is 7.66. The number of benzene rings is 1. The summed E-state index contributed by atoms with van der Waals surface area (Å²) in [6.07, 6.45) is 4.76. The van der Waals surface area contributed by atoms with Gasteiger partial charge in [-0.05, 0) is 43.1 Å². The number of hydrogen-bond donors (Lipinski definition) is 2. The fraction of sp³-hybridized carbons (Fsp3) is 0.562. The number of nitrogens with zero attached hydrogens (tertiary/aromatic N) is 1. The maximum atomic E-state index is 11.5. The molecule has 0 radical (unpaired) electrons. The van der Waals surface area contributed by atoms with Gasteiger partial charge in [0.25, 0.3) is 0 Å². The van der Waals surface area contributed by atoms with Gasteiger partial charge in [0.15, 0.2) is 0 Å². The van der Waals surface area contributed by atoms with Crippen molar-refractivity contribution in [2.45, 2.75) is 45.2 Å². The van der Waals surface area contributed by atoms with Crippen LogP contribution in [0.1, 0.15) is 38.2 Å².